The van der Waals surface area contributed by atoms with Crippen LogP contribution in [-0.2, 0) is 30.8 Å². The van der Waals surface area contributed by atoms with Crippen LogP contribution >= 0.6 is 0 Å². The fourth-order valence-electron chi connectivity index (χ4n) is 3.92. The zero-order valence-corrected chi connectivity index (χ0v) is 17.6. The molecule has 0 aliphatic heterocycles. The third-order valence-electron chi connectivity index (χ3n) is 5.53. The maximum Gasteiger partial charge on any atom is 0.359 e. The molecule has 0 bridgehead atoms. The summed E-state index contributed by atoms with van der Waals surface area (Å²) >= 11 is 0. The summed E-state index contributed by atoms with van der Waals surface area (Å²) in [7, 11) is 0. The van der Waals surface area contributed by atoms with E-state index in [1.165, 1.54) is 0 Å². The van der Waals surface area contributed by atoms with Crippen molar-refractivity contribution in [2.75, 3.05) is 0 Å². The first-order chi connectivity index (χ1) is 15.8. The quantitative estimate of drug-likeness (QED) is 0.402. The van der Waals surface area contributed by atoms with Gasteiger partial charge in [0.15, 0.2) is 5.69 Å². The van der Waals surface area contributed by atoms with Gasteiger partial charge in [0, 0.05) is 17.5 Å². The molecule has 0 unspecified atom stereocenters. The van der Waals surface area contributed by atoms with Gasteiger partial charge in [0.2, 0.25) is 0 Å². The average molecular weight is 425 g/mol. The van der Waals surface area contributed by atoms with E-state index in [2.05, 4.69) is 10.1 Å². The maximum absolute atomic E-state index is 12.8. The van der Waals surface area contributed by atoms with Crippen molar-refractivity contribution in [3.05, 3.63) is 107 Å². The normalized spacial score (nSPS) is 12.4. The fraction of sp³-hybridized carbons (Fsp3) is 0.192. The number of carbonyl (C=O) groups excluding carboxylic acids is 1. The van der Waals surface area contributed by atoms with Crippen LogP contribution in [0.5, 0.6) is 5.75 Å². The molecule has 0 amide bonds. The second kappa shape index (κ2) is 9.06. The molecule has 0 fully saturated rings. The molecule has 160 valence electrons. The first-order valence-electron chi connectivity index (χ1n) is 10.7. The molecule has 6 nitrogen and oxygen atoms in total. The van der Waals surface area contributed by atoms with Crippen LogP contribution in [0.15, 0.2) is 79.0 Å². The summed E-state index contributed by atoms with van der Waals surface area (Å²) in [6.07, 6.45) is 4.55. The lowest BCUT2D eigenvalue weighted by molar-refractivity contribution is 0.0464. The molecule has 32 heavy (non-hydrogen) atoms. The summed E-state index contributed by atoms with van der Waals surface area (Å²) < 4.78 is 13.2. The van der Waals surface area contributed by atoms with Crippen LogP contribution in [0.25, 0.3) is 5.69 Å². The van der Waals surface area contributed by atoms with Crippen molar-refractivity contribution < 1.29 is 14.3 Å². The summed E-state index contributed by atoms with van der Waals surface area (Å²) in [6.45, 7) is 0.594. The summed E-state index contributed by atoms with van der Waals surface area (Å²) in [6, 6.07) is 23.2. The maximum atomic E-state index is 12.8. The lowest BCUT2D eigenvalue weighted by Crippen LogP contribution is -2.09. The van der Waals surface area contributed by atoms with E-state index < -0.39 is 0 Å². The number of aromatic nitrogens is 3. The average Bonchev–Trinajstić information content (AvgIpc) is 3.46. The van der Waals surface area contributed by atoms with Gasteiger partial charge in [0.25, 0.3) is 0 Å². The Balaban J connectivity index is 1.23. The van der Waals surface area contributed by atoms with Crippen molar-refractivity contribution in [2.24, 2.45) is 0 Å². The number of ether oxygens (including phenoxy) is 2. The zero-order valence-electron chi connectivity index (χ0n) is 17.6. The minimum Gasteiger partial charge on any atom is -0.487 e. The molecular formula is C26H23N3O3. The van der Waals surface area contributed by atoms with Gasteiger partial charge in [-0.3, -0.25) is 4.98 Å². The Bertz CT molecular complexity index is 1200. The summed E-state index contributed by atoms with van der Waals surface area (Å²) in [5.41, 5.74) is 5.27. The van der Waals surface area contributed by atoms with Gasteiger partial charge < -0.3 is 9.47 Å². The molecule has 4 aromatic rings. The highest BCUT2D eigenvalue weighted by Gasteiger charge is 2.27. The van der Waals surface area contributed by atoms with E-state index in [0.29, 0.717) is 12.3 Å². The highest BCUT2D eigenvalue weighted by molar-refractivity contribution is 5.89. The molecule has 0 spiro atoms. The van der Waals surface area contributed by atoms with Gasteiger partial charge in [-0.1, -0.05) is 36.4 Å². The van der Waals surface area contributed by atoms with Crippen molar-refractivity contribution in [3.8, 4) is 11.4 Å². The number of hydrogen-bond acceptors (Lipinski definition) is 5. The summed E-state index contributed by atoms with van der Waals surface area (Å²) in [4.78, 5) is 17.1. The van der Waals surface area contributed by atoms with Crippen LogP contribution < -0.4 is 4.74 Å². The van der Waals surface area contributed by atoms with Crippen molar-refractivity contribution in [3.63, 3.8) is 0 Å². The Hall–Kier alpha value is -3.93. The molecule has 0 saturated carbocycles. The molecule has 1 aliphatic carbocycles. The van der Waals surface area contributed by atoms with E-state index >= 15 is 0 Å². The highest BCUT2D eigenvalue weighted by atomic mass is 16.5. The SMILES string of the molecule is O=C(OCc1ccc(OCc2ccccn2)cc1)c1nn(-c2ccccc2)c2c1CCC2. The van der Waals surface area contributed by atoms with Gasteiger partial charge in [0.1, 0.15) is 19.0 Å². The van der Waals surface area contributed by atoms with Crippen LogP contribution in [-0.4, -0.2) is 20.7 Å². The highest BCUT2D eigenvalue weighted by Crippen LogP contribution is 2.28. The Morgan fingerprint density at radius 1 is 0.906 bits per heavy atom. The van der Waals surface area contributed by atoms with E-state index in [0.717, 1.165) is 53.2 Å². The lowest BCUT2D eigenvalue weighted by Gasteiger charge is -2.08. The number of fused-ring (bicyclic) bond motifs is 1. The molecule has 2 aromatic heterocycles. The van der Waals surface area contributed by atoms with E-state index in [1.807, 2.05) is 77.5 Å². The standard InChI is InChI=1S/C26H23N3O3/c30-26(25-23-10-6-11-24(23)29(28-25)21-8-2-1-3-9-21)32-17-19-12-14-22(15-13-19)31-18-20-7-4-5-16-27-20/h1-5,7-9,12-16H,6,10-11,17-18H2. The largest absolute Gasteiger partial charge is 0.487 e. The minimum atomic E-state index is -0.381. The second-order valence-corrected chi connectivity index (χ2v) is 7.70. The van der Waals surface area contributed by atoms with Crippen molar-refractivity contribution in [1.29, 1.82) is 0 Å². The Morgan fingerprint density at radius 2 is 1.72 bits per heavy atom. The number of hydrogen-bond donors (Lipinski definition) is 0. The van der Waals surface area contributed by atoms with Gasteiger partial charge in [-0.05, 0) is 61.2 Å². The third-order valence-corrected chi connectivity index (χ3v) is 5.53. The van der Waals surface area contributed by atoms with Crippen molar-refractivity contribution in [1.82, 2.24) is 14.8 Å². The molecule has 6 heteroatoms. The number of para-hydroxylation sites is 1. The van der Waals surface area contributed by atoms with Crippen LogP contribution in [0, 0.1) is 0 Å². The Labute approximate surface area is 186 Å². The minimum absolute atomic E-state index is 0.187. The van der Waals surface area contributed by atoms with Gasteiger partial charge in [-0.15, -0.1) is 0 Å². The number of esters is 1. The van der Waals surface area contributed by atoms with Crippen molar-refractivity contribution in [2.45, 2.75) is 32.5 Å². The van der Waals surface area contributed by atoms with Crippen LogP contribution in [0.3, 0.4) is 0 Å². The smallest absolute Gasteiger partial charge is 0.359 e. The molecule has 1 aliphatic rings. The fourth-order valence-corrected chi connectivity index (χ4v) is 3.92. The zero-order chi connectivity index (χ0) is 21.8. The number of carbonyl (C=O) groups is 1. The lowest BCUT2D eigenvalue weighted by atomic mass is 10.2. The molecule has 0 N–H and O–H groups in total. The summed E-state index contributed by atoms with van der Waals surface area (Å²) in [5.74, 6) is 0.360. The molecule has 2 aromatic carbocycles. The molecular weight excluding hydrogens is 402 g/mol. The van der Waals surface area contributed by atoms with Gasteiger partial charge >= 0.3 is 5.97 Å². The Kier molecular flexibility index (Phi) is 5.66. The van der Waals surface area contributed by atoms with Crippen molar-refractivity contribution >= 4 is 5.97 Å². The summed E-state index contributed by atoms with van der Waals surface area (Å²) in [5, 5.41) is 4.60. The van der Waals surface area contributed by atoms with E-state index in [4.69, 9.17) is 9.47 Å². The number of nitrogens with zero attached hydrogens (tertiary/aromatic N) is 3. The monoisotopic (exact) mass is 425 g/mol. The molecule has 5 rings (SSSR count). The van der Waals surface area contributed by atoms with Crippen LogP contribution in [0.2, 0.25) is 0 Å². The third kappa shape index (κ3) is 4.25. The Morgan fingerprint density at radius 3 is 2.50 bits per heavy atom. The van der Waals surface area contributed by atoms with E-state index in [1.54, 1.807) is 6.20 Å². The van der Waals surface area contributed by atoms with Crippen LogP contribution in [0.4, 0.5) is 0 Å². The molecule has 0 saturated heterocycles. The molecule has 2 heterocycles. The first-order valence-corrected chi connectivity index (χ1v) is 10.7. The van der Waals surface area contributed by atoms with E-state index in [9.17, 15) is 4.79 Å². The van der Waals surface area contributed by atoms with E-state index in [-0.39, 0.29) is 12.6 Å². The predicted molar refractivity (Wildman–Crippen MR) is 120 cm³/mol. The number of rotatable bonds is 7. The topological polar surface area (TPSA) is 66.2 Å². The predicted octanol–water partition coefficient (Wildman–Crippen LogP) is 4.69. The van der Waals surface area contributed by atoms with Gasteiger partial charge in [-0.25, -0.2) is 9.48 Å². The second-order valence-electron chi connectivity index (χ2n) is 7.70. The first kappa shape index (κ1) is 20.0. The molecule has 0 atom stereocenters. The number of benzene rings is 2. The van der Waals surface area contributed by atoms with Gasteiger partial charge in [-0.2, -0.15) is 5.10 Å². The number of pyridine rings is 1. The van der Waals surface area contributed by atoms with Crippen LogP contribution in [0.1, 0.15) is 39.4 Å². The van der Waals surface area contributed by atoms with Gasteiger partial charge in [0.05, 0.1) is 11.4 Å². The molecule has 0 radical (unpaired) electrons.